The summed E-state index contributed by atoms with van der Waals surface area (Å²) in [7, 11) is -3.55. The van der Waals surface area contributed by atoms with Crippen LogP contribution in [0.5, 0.6) is 5.75 Å². The van der Waals surface area contributed by atoms with E-state index in [1.807, 2.05) is 27.7 Å². The van der Waals surface area contributed by atoms with Gasteiger partial charge in [-0.1, -0.05) is 13.8 Å². The van der Waals surface area contributed by atoms with Crippen LogP contribution in [0.15, 0.2) is 51.8 Å². The van der Waals surface area contributed by atoms with E-state index in [1.54, 1.807) is 30.3 Å². The number of rotatable bonds is 10. The lowest BCUT2D eigenvalue weighted by Crippen LogP contribution is -2.34. The quantitative estimate of drug-likeness (QED) is 0.393. The third kappa shape index (κ3) is 7.77. The van der Waals surface area contributed by atoms with Gasteiger partial charge in [0.05, 0.1) is 15.5 Å². The molecule has 0 unspecified atom stereocenters. The lowest BCUT2D eigenvalue weighted by molar-refractivity contribution is 0.0977. The first-order chi connectivity index (χ1) is 15.6. The molecule has 0 saturated carbocycles. The molecular weight excluding hydrogens is 526 g/mol. The number of hydrogen-bond acceptors (Lipinski definition) is 5. The molecular formula is C23H30BrN3O4S2. The van der Waals surface area contributed by atoms with Crippen molar-refractivity contribution in [2.45, 2.75) is 51.5 Å². The first-order valence-corrected chi connectivity index (χ1v) is 13.4. The molecule has 0 heterocycles. The highest BCUT2D eigenvalue weighted by Crippen LogP contribution is 2.27. The number of sulfonamides is 1. The Hall–Kier alpha value is -2.01. The monoisotopic (exact) mass is 555 g/mol. The zero-order chi connectivity index (χ0) is 24.6. The zero-order valence-corrected chi connectivity index (χ0v) is 22.4. The average Bonchev–Trinajstić information content (AvgIpc) is 2.75. The number of nitrogens with one attached hydrogen (secondary N) is 2. The van der Waals surface area contributed by atoms with Crippen molar-refractivity contribution in [3.05, 3.63) is 52.5 Å². The molecule has 0 aromatic heterocycles. The van der Waals surface area contributed by atoms with Gasteiger partial charge in [0.1, 0.15) is 5.75 Å². The van der Waals surface area contributed by atoms with Gasteiger partial charge < -0.3 is 10.1 Å². The number of carbonyl (C=O) groups is 1. The highest BCUT2D eigenvalue weighted by Gasteiger charge is 2.23. The van der Waals surface area contributed by atoms with E-state index < -0.39 is 10.0 Å². The summed E-state index contributed by atoms with van der Waals surface area (Å²) < 4.78 is 33.6. The topological polar surface area (TPSA) is 87.7 Å². The van der Waals surface area contributed by atoms with Crippen LogP contribution in [-0.2, 0) is 10.0 Å². The minimum Gasteiger partial charge on any atom is -0.490 e. The molecule has 2 aromatic carbocycles. The van der Waals surface area contributed by atoms with Crippen molar-refractivity contribution in [1.29, 1.82) is 0 Å². The number of ether oxygens (including phenoxy) is 1. The summed E-state index contributed by atoms with van der Waals surface area (Å²) in [6.07, 6.45) is 1.51. The Labute approximate surface area is 210 Å². The second-order valence-corrected chi connectivity index (χ2v) is 10.8. The summed E-state index contributed by atoms with van der Waals surface area (Å²) in [5.41, 5.74) is 0.981. The maximum absolute atomic E-state index is 12.9. The van der Waals surface area contributed by atoms with Gasteiger partial charge in [-0.2, -0.15) is 4.31 Å². The van der Waals surface area contributed by atoms with Crippen molar-refractivity contribution in [1.82, 2.24) is 9.62 Å². The predicted octanol–water partition coefficient (Wildman–Crippen LogP) is 5.17. The third-order valence-electron chi connectivity index (χ3n) is 4.48. The highest BCUT2D eigenvalue weighted by atomic mass is 79.9. The van der Waals surface area contributed by atoms with Crippen LogP contribution in [-0.4, -0.2) is 42.9 Å². The van der Waals surface area contributed by atoms with E-state index >= 15 is 0 Å². The van der Waals surface area contributed by atoms with Gasteiger partial charge >= 0.3 is 0 Å². The van der Waals surface area contributed by atoms with Crippen molar-refractivity contribution in [2.75, 3.05) is 18.4 Å². The summed E-state index contributed by atoms with van der Waals surface area (Å²) in [4.78, 5) is 12.8. The molecule has 2 aromatic rings. The molecule has 1 amide bonds. The maximum Gasteiger partial charge on any atom is 0.257 e. The SMILES string of the molecule is CCCN(CCC)S(=O)(=O)c1ccc(NC(=S)NC(=O)c2ccc(OC(C)C)c(Br)c2)cc1. The second-order valence-electron chi connectivity index (χ2n) is 7.65. The molecule has 0 radical (unpaired) electrons. The number of nitrogens with zero attached hydrogens (tertiary/aromatic N) is 1. The van der Waals surface area contributed by atoms with Crippen LogP contribution < -0.4 is 15.4 Å². The number of benzene rings is 2. The molecule has 0 fully saturated rings. The zero-order valence-electron chi connectivity index (χ0n) is 19.2. The molecule has 180 valence electrons. The second kappa shape index (κ2) is 12.5. The fourth-order valence-electron chi connectivity index (χ4n) is 3.04. The molecule has 0 aliphatic rings. The molecule has 2 rings (SSSR count). The first kappa shape index (κ1) is 27.2. The number of carbonyl (C=O) groups excluding carboxylic acids is 1. The van der Waals surface area contributed by atoms with Crippen LogP contribution in [0, 0.1) is 0 Å². The van der Waals surface area contributed by atoms with Gasteiger partial charge in [0.2, 0.25) is 10.0 Å². The predicted molar refractivity (Wildman–Crippen MR) is 139 cm³/mol. The van der Waals surface area contributed by atoms with E-state index in [9.17, 15) is 13.2 Å². The maximum atomic E-state index is 12.9. The van der Waals surface area contributed by atoms with E-state index in [4.69, 9.17) is 17.0 Å². The highest BCUT2D eigenvalue weighted by molar-refractivity contribution is 9.10. The van der Waals surface area contributed by atoms with Gasteiger partial charge in [-0.25, -0.2) is 8.42 Å². The van der Waals surface area contributed by atoms with Gasteiger partial charge in [-0.3, -0.25) is 10.1 Å². The van der Waals surface area contributed by atoms with Gasteiger partial charge in [-0.05, 0) is 97.3 Å². The van der Waals surface area contributed by atoms with Crippen molar-refractivity contribution in [2.24, 2.45) is 0 Å². The molecule has 0 aliphatic carbocycles. The van der Waals surface area contributed by atoms with Crippen LogP contribution in [0.25, 0.3) is 0 Å². The molecule has 0 saturated heterocycles. The Bertz CT molecular complexity index is 1070. The summed E-state index contributed by atoms with van der Waals surface area (Å²) >= 11 is 8.65. The number of amides is 1. The molecule has 10 heteroatoms. The molecule has 33 heavy (non-hydrogen) atoms. The Morgan fingerprint density at radius 2 is 1.70 bits per heavy atom. The lowest BCUT2D eigenvalue weighted by Gasteiger charge is -2.21. The van der Waals surface area contributed by atoms with Gasteiger partial charge in [0, 0.05) is 24.3 Å². The van der Waals surface area contributed by atoms with Gasteiger partial charge in [-0.15, -0.1) is 0 Å². The third-order valence-corrected chi connectivity index (χ3v) is 7.22. The van der Waals surface area contributed by atoms with Crippen molar-refractivity contribution in [3.8, 4) is 5.75 Å². The van der Waals surface area contributed by atoms with Crippen LogP contribution >= 0.6 is 28.1 Å². The fourth-order valence-corrected chi connectivity index (χ4v) is 5.35. The Kier molecular flexibility index (Phi) is 10.3. The number of anilines is 1. The number of thiocarbonyl (C=S) groups is 1. The standard InChI is InChI=1S/C23H30BrN3O4S2/c1-5-13-27(14-6-2)33(29,30)19-10-8-18(9-11-19)25-23(32)26-22(28)17-7-12-21(20(24)15-17)31-16(3)4/h7-12,15-16H,5-6,13-14H2,1-4H3,(H2,25,26,28,32). The van der Waals surface area contributed by atoms with Crippen LogP contribution in [0.4, 0.5) is 5.69 Å². The molecule has 0 bridgehead atoms. The lowest BCUT2D eigenvalue weighted by atomic mass is 10.2. The first-order valence-electron chi connectivity index (χ1n) is 10.8. The van der Waals surface area contributed by atoms with Crippen LogP contribution in [0.1, 0.15) is 50.9 Å². The van der Waals surface area contributed by atoms with E-state index in [0.29, 0.717) is 34.6 Å². The molecule has 0 atom stereocenters. The molecule has 0 spiro atoms. The molecule has 2 N–H and O–H groups in total. The molecule has 7 nitrogen and oxygen atoms in total. The number of halogens is 1. The minimum atomic E-state index is -3.55. The summed E-state index contributed by atoms with van der Waals surface area (Å²) in [5, 5.41) is 5.63. The fraction of sp³-hybridized carbons (Fsp3) is 0.391. The Morgan fingerprint density at radius 3 is 2.21 bits per heavy atom. The number of hydrogen-bond donors (Lipinski definition) is 2. The Morgan fingerprint density at radius 1 is 1.09 bits per heavy atom. The average molecular weight is 557 g/mol. The largest absolute Gasteiger partial charge is 0.490 e. The van der Waals surface area contributed by atoms with Crippen molar-refractivity contribution >= 4 is 54.9 Å². The van der Waals surface area contributed by atoms with E-state index in [2.05, 4.69) is 26.6 Å². The van der Waals surface area contributed by atoms with E-state index in [-0.39, 0.29) is 22.0 Å². The smallest absolute Gasteiger partial charge is 0.257 e. The van der Waals surface area contributed by atoms with Gasteiger partial charge in [0.15, 0.2) is 5.11 Å². The molecule has 0 aliphatic heterocycles. The summed E-state index contributed by atoms with van der Waals surface area (Å²) in [5.74, 6) is 0.270. The summed E-state index contributed by atoms with van der Waals surface area (Å²) in [6.45, 7) is 8.71. The van der Waals surface area contributed by atoms with Crippen LogP contribution in [0.3, 0.4) is 0 Å². The van der Waals surface area contributed by atoms with E-state index in [0.717, 1.165) is 12.8 Å². The van der Waals surface area contributed by atoms with Gasteiger partial charge in [0.25, 0.3) is 5.91 Å². The summed E-state index contributed by atoms with van der Waals surface area (Å²) in [6, 6.07) is 11.3. The van der Waals surface area contributed by atoms with Crippen molar-refractivity contribution in [3.63, 3.8) is 0 Å². The minimum absolute atomic E-state index is 0.0143. The normalized spacial score (nSPS) is 11.5. The van der Waals surface area contributed by atoms with E-state index in [1.165, 1.54) is 16.4 Å². The van der Waals surface area contributed by atoms with Crippen molar-refractivity contribution < 1.29 is 17.9 Å². The Balaban J connectivity index is 2.03. The van der Waals surface area contributed by atoms with Crippen LogP contribution in [0.2, 0.25) is 0 Å².